The third-order valence-electron chi connectivity index (χ3n) is 5.65. The van der Waals surface area contributed by atoms with Crippen molar-refractivity contribution in [1.29, 1.82) is 5.26 Å². The maximum absolute atomic E-state index is 13.1. The van der Waals surface area contributed by atoms with Crippen molar-refractivity contribution in [3.05, 3.63) is 79.0 Å². The van der Waals surface area contributed by atoms with E-state index in [1.54, 1.807) is 6.07 Å². The summed E-state index contributed by atoms with van der Waals surface area (Å²) in [5.74, 6) is -1.97. The Kier molecular flexibility index (Phi) is 5.07. The molecule has 164 valence electrons. The van der Waals surface area contributed by atoms with Gasteiger partial charge in [-0.05, 0) is 43.4 Å². The Morgan fingerprint density at radius 1 is 1.30 bits per heavy atom. The molecule has 10 nitrogen and oxygen atoms in total. The van der Waals surface area contributed by atoms with E-state index in [0.717, 1.165) is 36.1 Å². The molecule has 0 radical (unpaired) electrons. The van der Waals surface area contributed by atoms with E-state index in [0.29, 0.717) is 15.9 Å². The van der Waals surface area contributed by atoms with Gasteiger partial charge in [-0.1, -0.05) is 6.07 Å². The quantitative estimate of drug-likeness (QED) is 0.272. The third kappa shape index (κ3) is 3.60. The molecule has 5 rings (SSSR count). The molecule has 1 N–H and O–H groups in total. The topological polar surface area (TPSA) is 148 Å². The summed E-state index contributed by atoms with van der Waals surface area (Å²) in [5, 5.41) is 25.5. The van der Waals surface area contributed by atoms with E-state index in [-0.39, 0.29) is 22.8 Å². The summed E-state index contributed by atoms with van der Waals surface area (Å²) < 4.78 is 1.32. The lowest BCUT2D eigenvalue weighted by Crippen LogP contribution is -2.20. The van der Waals surface area contributed by atoms with Crippen LogP contribution in [0.4, 0.5) is 5.69 Å². The summed E-state index contributed by atoms with van der Waals surface area (Å²) >= 11 is 1.44. The number of carbonyl (C=O) groups excluding carboxylic acids is 1. The van der Waals surface area contributed by atoms with Crippen LogP contribution in [0.25, 0.3) is 15.9 Å². The second kappa shape index (κ2) is 8.07. The number of hydrogen-bond donors (Lipinski definition) is 1. The van der Waals surface area contributed by atoms with Gasteiger partial charge < -0.3 is 4.98 Å². The van der Waals surface area contributed by atoms with E-state index in [4.69, 9.17) is 0 Å². The number of rotatable bonds is 5. The minimum atomic E-state index is -1.34. The second-order valence-electron chi connectivity index (χ2n) is 7.69. The molecule has 3 aromatic heterocycles. The third-order valence-corrected chi connectivity index (χ3v) is 6.84. The maximum atomic E-state index is 13.1. The van der Waals surface area contributed by atoms with Crippen LogP contribution >= 0.6 is 11.3 Å². The van der Waals surface area contributed by atoms with Gasteiger partial charge in [0.2, 0.25) is 5.78 Å². The lowest BCUT2D eigenvalue weighted by molar-refractivity contribution is -0.384. The van der Waals surface area contributed by atoms with Gasteiger partial charge in [-0.15, -0.1) is 11.3 Å². The molecule has 0 amide bonds. The highest BCUT2D eigenvalue weighted by atomic mass is 32.1. The van der Waals surface area contributed by atoms with Gasteiger partial charge >= 0.3 is 0 Å². The Labute approximate surface area is 190 Å². The monoisotopic (exact) mass is 460 g/mol. The average Bonchev–Trinajstić information content (AvgIpc) is 3.45. The van der Waals surface area contributed by atoms with Crippen molar-refractivity contribution in [3.8, 4) is 11.8 Å². The molecule has 33 heavy (non-hydrogen) atoms. The second-order valence-corrected chi connectivity index (χ2v) is 8.77. The van der Waals surface area contributed by atoms with Crippen LogP contribution in [-0.2, 0) is 12.8 Å². The predicted molar refractivity (Wildman–Crippen MR) is 120 cm³/mol. The first-order valence-corrected chi connectivity index (χ1v) is 11.1. The zero-order valence-corrected chi connectivity index (χ0v) is 18.0. The van der Waals surface area contributed by atoms with E-state index in [9.17, 15) is 25.0 Å². The number of benzene rings is 1. The highest BCUT2D eigenvalue weighted by Crippen LogP contribution is 2.34. The number of carbonyl (C=O) groups is 1. The molecule has 1 unspecified atom stereocenters. The van der Waals surface area contributed by atoms with Crippen molar-refractivity contribution in [2.24, 2.45) is 0 Å². The Morgan fingerprint density at radius 3 is 2.91 bits per heavy atom. The van der Waals surface area contributed by atoms with Crippen molar-refractivity contribution in [1.82, 2.24) is 19.7 Å². The van der Waals surface area contributed by atoms with Crippen LogP contribution in [-0.4, -0.2) is 30.5 Å². The molecule has 1 atom stereocenters. The minimum absolute atomic E-state index is 0.0107. The number of non-ortho nitro benzene ring substituents is 1. The molecule has 0 aliphatic heterocycles. The normalized spacial score (nSPS) is 13.9. The van der Waals surface area contributed by atoms with Gasteiger partial charge in [0.05, 0.1) is 22.1 Å². The Hall–Kier alpha value is -4.17. The van der Waals surface area contributed by atoms with Crippen molar-refractivity contribution in [2.75, 3.05) is 0 Å². The molecule has 3 heterocycles. The zero-order valence-electron chi connectivity index (χ0n) is 17.1. The number of H-pyrrole nitrogens is 1. The largest absolute Gasteiger partial charge is 0.308 e. The van der Waals surface area contributed by atoms with Crippen LogP contribution in [0.15, 0.2) is 41.3 Å². The summed E-state index contributed by atoms with van der Waals surface area (Å²) in [6.45, 7) is 0. The van der Waals surface area contributed by atoms with Crippen LogP contribution in [0.3, 0.4) is 0 Å². The van der Waals surface area contributed by atoms with E-state index >= 15 is 0 Å². The average molecular weight is 460 g/mol. The van der Waals surface area contributed by atoms with Crippen molar-refractivity contribution in [2.45, 2.75) is 31.6 Å². The fraction of sp³-hybridized carbons (Fsp3) is 0.227. The van der Waals surface area contributed by atoms with Gasteiger partial charge in [-0.2, -0.15) is 10.4 Å². The number of nitriles is 1. The summed E-state index contributed by atoms with van der Waals surface area (Å²) in [7, 11) is 0. The number of fused-ring (bicyclic) bond motifs is 3. The number of nitro groups is 1. The highest BCUT2D eigenvalue weighted by Gasteiger charge is 2.28. The number of hydrogen-bond acceptors (Lipinski definition) is 8. The van der Waals surface area contributed by atoms with Gasteiger partial charge in [0.15, 0.2) is 5.92 Å². The Morgan fingerprint density at radius 2 is 2.12 bits per heavy atom. The molecule has 11 heteroatoms. The number of Topliss-reactive ketones (excluding diaryl/α,β-unsaturated/α-hetero) is 1. The lowest BCUT2D eigenvalue weighted by atomic mass is 9.97. The lowest BCUT2D eigenvalue weighted by Gasteiger charge is -2.10. The molecular formula is C22H16N6O4S. The first kappa shape index (κ1) is 20.7. The van der Waals surface area contributed by atoms with Crippen molar-refractivity contribution in [3.63, 3.8) is 0 Å². The van der Waals surface area contributed by atoms with Gasteiger partial charge in [0.1, 0.15) is 16.3 Å². The van der Waals surface area contributed by atoms with Gasteiger partial charge in [0.25, 0.3) is 11.2 Å². The first-order chi connectivity index (χ1) is 16.0. The molecule has 1 aliphatic rings. The molecule has 0 bridgehead atoms. The molecule has 0 spiro atoms. The number of aromatic amines is 1. The number of nitrogens with zero attached hydrogens (tertiary/aromatic N) is 5. The Balaban J connectivity index is 1.49. The number of ketones is 1. The number of aryl methyl sites for hydroxylation is 2. The fourth-order valence-electron chi connectivity index (χ4n) is 4.06. The smallest absolute Gasteiger partial charge is 0.271 e. The van der Waals surface area contributed by atoms with Gasteiger partial charge in [-0.3, -0.25) is 19.7 Å². The van der Waals surface area contributed by atoms with Crippen LogP contribution < -0.4 is 5.56 Å². The molecule has 1 aliphatic carbocycles. The number of nitrogens with one attached hydrogen (secondary N) is 1. The maximum Gasteiger partial charge on any atom is 0.271 e. The standard InChI is InChI=1S/C22H16N6O4S/c23-11-15(20-24-21(30)18-14-6-1-2-7-17(14)33-22(18)25-20)19(29)16-8-9-27(26-16)12-4-3-5-13(10-12)28(31)32/h3-5,8-10,15H,1-2,6-7H2,(H,24,25,30). The van der Waals surface area contributed by atoms with Crippen LogP contribution in [0, 0.1) is 21.4 Å². The molecule has 4 aromatic rings. The van der Waals surface area contributed by atoms with Crippen LogP contribution in [0.2, 0.25) is 0 Å². The summed E-state index contributed by atoms with van der Waals surface area (Å²) in [5.41, 5.74) is 0.955. The van der Waals surface area contributed by atoms with E-state index in [2.05, 4.69) is 15.1 Å². The molecule has 0 saturated heterocycles. The molecule has 0 saturated carbocycles. The summed E-state index contributed by atoms with van der Waals surface area (Å²) in [4.78, 5) is 45.1. The van der Waals surface area contributed by atoms with E-state index in [1.165, 1.54) is 46.5 Å². The summed E-state index contributed by atoms with van der Waals surface area (Å²) in [6.07, 6.45) is 5.30. The van der Waals surface area contributed by atoms with Gasteiger partial charge in [0, 0.05) is 23.2 Å². The highest BCUT2D eigenvalue weighted by molar-refractivity contribution is 7.18. The number of aromatic nitrogens is 4. The van der Waals surface area contributed by atoms with Crippen LogP contribution in [0.5, 0.6) is 0 Å². The molecule has 0 fully saturated rings. The van der Waals surface area contributed by atoms with E-state index in [1.807, 2.05) is 6.07 Å². The van der Waals surface area contributed by atoms with Crippen molar-refractivity contribution >= 4 is 33.0 Å². The molecular weight excluding hydrogens is 444 g/mol. The fourth-order valence-corrected chi connectivity index (χ4v) is 5.33. The first-order valence-electron chi connectivity index (χ1n) is 10.2. The number of nitro benzene ring substituents is 1. The zero-order chi connectivity index (χ0) is 23.1. The molecule has 1 aromatic carbocycles. The van der Waals surface area contributed by atoms with Gasteiger partial charge in [-0.25, -0.2) is 9.67 Å². The number of thiophene rings is 1. The predicted octanol–water partition coefficient (Wildman–Crippen LogP) is 3.45. The minimum Gasteiger partial charge on any atom is -0.308 e. The van der Waals surface area contributed by atoms with Crippen LogP contribution in [0.1, 0.15) is 45.5 Å². The summed E-state index contributed by atoms with van der Waals surface area (Å²) in [6, 6.07) is 9.16. The Bertz CT molecular complexity index is 1530. The van der Waals surface area contributed by atoms with E-state index < -0.39 is 16.6 Å². The SMILES string of the molecule is N#CC(C(=O)c1ccn(-c2cccc([N+](=O)[O-])c2)n1)c1nc2sc3c(c2c(=O)[nH]1)CCCC3. The van der Waals surface area contributed by atoms with Crippen molar-refractivity contribution < 1.29 is 9.72 Å².